The van der Waals surface area contributed by atoms with Crippen molar-refractivity contribution < 1.29 is 4.79 Å². The highest BCUT2D eigenvalue weighted by atomic mass is 32.2. The number of Topliss-reactive ketones (excluding diaryl/α,β-unsaturated/α-hetero) is 1. The molecule has 0 amide bonds. The van der Waals surface area contributed by atoms with Crippen molar-refractivity contribution in [2.45, 2.75) is 31.3 Å². The topological polar surface area (TPSA) is 17.1 Å². The predicted molar refractivity (Wildman–Crippen MR) is 62.5 cm³/mol. The number of ketones is 1. The summed E-state index contributed by atoms with van der Waals surface area (Å²) in [4.78, 5) is 11.3. The van der Waals surface area contributed by atoms with E-state index in [9.17, 15) is 4.79 Å². The molecular weight excluding hydrogens is 192 g/mol. The van der Waals surface area contributed by atoms with Crippen molar-refractivity contribution in [2.75, 3.05) is 0 Å². The molecule has 0 N–H and O–H groups in total. The van der Waals surface area contributed by atoms with Gasteiger partial charge in [0, 0.05) is 5.75 Å². The van der Waals surface area contributed by atoms with Gasteiger partial charge >= 0.3 is 0 Å². The normalized spacial score (nSPS) is 11.4. The third-order valence-electron chi connectivity index (χ3n) is 2.29. The molecule has 0 aliphatic heterocycles. The molecule has 1 nitrogen and oxygen atoms in total. The molecule has 1 aromatic rings. The number of rotatable bonds is 4. The Morgan fingerprint density at radius 2 is 1.86 bits per heavy atom. The molecule has 0 radical (unpaired) electrons. The number of thioether (sulfide) groups is 1. The van der Waals surface area contributed by atoms with E-state index in [0.717, 1.165) is 5.75 Å². The maximum absolute atomic E-state index is 11.3. The Bertz CT molecular complexity index is 303. The second-order valence-corrected chi connectivity index (χ2v) is 5.44. The highest BCUT2D eigenvalue weighted by Crippen LogP contribution is 2.28. The zero-order valence-corrected chi connectivity index (χ0v) is 9.73. The summed E-state index contributed by atoms with van der Waals surface area (Å²) in [5.74, 6) is 1.13. The van der Waals surface area contributed by atoms with Gasteiger partial charge in [0.05, 0.1) is 4.75 Å². The molecule has 1 rings (SSSR count). The molecule has 1 aromatic carbocycles. The number of carbonyl (C=O) groups is 1. The van der Waals surface area contributed by atoms with Crippen molar-refractivity contribution in [1.29, 1.82) is 0 Å². The fourth-order valence-electron chi connectivity index (χ4n) is 0.940. The molecule has 0 aliphatic rings. The Balaban J connectivity index is 2.53. The van der Waals surface area contributed by atoms with Crippen LogP contribution < -0.4 is 0 Å². The fraction of sp³-hybridized carbons (Fsp3) is 0.417. The highest BCUT2D eigenvalue weighted by molar-refractivity contribution is 8.00. The van der Waals surface area contributed by atoms with Gasteiger partial charge in [-0.05, 0) is 26.3 Å². The van der Waals surface area contributed by atoms with Crippen LogP contribution in [0.1, 0.15) is 26.3 Å². The van der Waals surface area contributed by atoms with Crippen LogP contribution in [0.5, 0.6) is 0 Å². The zero-order chi connectivity index (χ0) is 10.6. The SMILES string of the molecule is CC(=O)C(C)(C)SCc1ccccc1. The van der Waals surface area contributed by atoms with Crippen LogP contribution in [0.15, 0.2) is 30.3 Å². The number of carbonyl (C=O) groups excluding carboxylic acids is 1. The monoisotopic (exact) mass is 208 g/mol. The van der Waals surface area contributed by atoms with E-state index in [1.807, 2.05) is 32.0 Å². The molecule has 0 bridgehead atoms. The van der Waals surface area contributed by atoms with Crippen molar-refractivity contribution >= 4 is 17.5 Å². The van der Waals surface area contributed by atoms with Crippen LogP contribution in [0.3, 0.4) is 0 Å². The lowest BCUT2D eigenvalue weighted by molar-refractivity contribution is -0.118. The molecular formula is C12H16OS. The van der Waals surface area contributed by atoms with Gasteiger partial charge in [0.15, 0.2) is 0 Å². The minimum atomic E-state index is -0.268. The van der Waals surface area contributed by atoms with Crippen LogP contribution in [0.25, 0.3) is 0 Å². The maximum atomic E-state index is 11.3. The van der Waals surface area contributed by atoms with E-state index < -0.39 is 0 Å². The van der Waals surface area contributed by atoms with E-state index in [0.29, 0.717) is 0 Å². The smallest absolute Gasteiger partial charge is 0.145 e. The van der Waals surface area contributed by atoms with Gasteiger partial charge in [0.1, 0.15) is 5.78 Å². The quantitative estimate of drug-likeness (QED) is 0.755. The molecule has 0 fully saturated rings. The average molecular weight is 208 g/mol. The summed E-state index contributed by atoms with van der Waals surface area (Å²) in [5.41, 5.74) is 1.27. The fourth-order valence-corrected chi connectivity index (χ4v) is 1.86. The predicted octanol–water partition coefficient (Wildman–Crippen LogP) is 3.29. The molecule has 0 heterocycles. The summed E-state index contributed by atoms with van der Waals surface area (Å²) in [7, 11) is 0. The van der Waals surface area contributed by atoms with Crippen LogP contribution in [-0.2, 0) is 10.5 Å². The largest absolute Gasteiger partial charge is 0.298 e. The van der Waals surface area contributed by atoms with E-state index >= 15 is 0 Å². The lowest BCUT2D eigenvalue weighted by atomic mass is 10.1. The Labute approximate surface area is 89.9 Å². The van der Waals surface area contributed by atoms with E-state index in [1.54, 1.807) is 18.7 Å². The van der Waals surface area contributed by atoms with E-state index in [1.165, 1.54) is 5.56 Å². The Morgan fingerprint density at radius 1 is 1.29 bits per heavy atom. The maximum Gasteiger partial charge on any atom is 0.145 e. The van der Waals surface area contributed by atoms with Crippen molar-refractivity contribution in [1.82, 2.24) is 0 Å². The Kier molecular flexibility index (Phi) is 3.76. The van der Waals surface area contributed by atoms with Crippen LogP contribution in [0.4, 0.5) is 0 Å². The molecule has 0 unspecified atom stereocenters. The first-order valence-electron chi connectivity index (χ1n) is 4.71. The number of hydrogen-bond donors (Lipinski definition) is 0. The molecule has 0 aliphatic carbocycles. The summed E-state index contributed by atoms with van der Waals surface area (Å²) in [6.07, 6.45) is 0. The second-order valence-electron chi connectivity index (χ2n) is 3.84. The molecule has 76 valence electrons. The Morgan fingerprint density at radius 3 is 2.36 bits per heavy atom. The summed E-state index contributed by atoms with van der Waals surface area (Å²) in [6.45, 7) is 5.60. The van der Waals surface area contributed by atoms with Gasteiger partial charge < -0.3 is 0 Å². The first kappa shape index (κ1) is 11.3. The molecule has 0 aromatic heterocycles. The third kappa shape index (κ3) is 3.18. The van der Waals surface area contributed by atoms with Gasteiger partial charge in [-0.1, -0.05) is 30.3 Å². The van der Waals surface area contributed by atoms with Crippen LogP contribution >= 0.6 is 11.8 Å². The van der Waals surface area contributed by atoms with Crippen molar-refractivity contribution in [3.05, 3.63) is 35.9 Å². The Hall–Kier alpha value is -0.760. The standard InChI is InChI=1S/C12H16OS/c1-10(13)12(2,3)14-9-11-7-5-4-6-8-11/h4-8H,9H2,1-3H3. The third-order valence-corrected chi connectivity index (χ3v) is 3.78. The first-order valence-corrected chi connectivity index (χ1v) is 5.70. The van der Waals surface area contributed by atoms with Gasteiger partial charge in [-0.15, -0.1) is 11.8 Å². The summed E-state index contributed by atoms with van der Waals surface area (Å²) in [6, 6.07) is 10.2. The first-order chi connectivity index (χ1) is 6.52. The average Bonchev–Trinajstić information content (AvgIpc) is 2.16. The van der Waals surface area contributed by atoms with Crippen molar-refractivity contribution in [3.63, 3.8) is 0 Å². The summed E-state index contributed by atoms with van der Waals surface area (Å²) in [5, 5.41) is 0. The van der Waals surface area contributed by atoms with E-state index in [-0.39, 0.29) is 10.5 Å². The summed E-state index contributed by atoms with van der Waals surface area (Å²) < 4.78 is -0.268. The van der Waals surface area contributed by atoms with Crippen molar-refractivity contribution in [3.8, 4) is 0 Å². The minimum absolute atomic E-state index is 0.235. The number of benzene rings is 1. The van der Waals surface area contributed by atoms with Crippen LogP contribution in [0, 0.1) is 0 Å². The van der Waals surface area contributed by atoms with Gasteiger partial charge in [-0.2, -0.15) is 0 Å². The zero-order valence-electron chi connectivity index (χ0n) is 8.91. The molecule has 0 spiro atoms. The highest BCUT2D eigenvalue weighted by Gasteiger charge is 2.23. The lowest BCUT2D eigenvalue weighted by Crippen LogP contribution is -2.24. The van der Waals surface area contributed by atoms with Crippen LogP contribution in [-0.4, -0.2) is 10.5 Å². The summed E-state index contributed by atoms with van der Waals surface area (Å²) >= 11 is 1.69. The minimum Gasteiger partial charge on any atom is -0.298 e. The van der Waals surface area contributed by atoms with E-state index in [4.69, 9.17) is 0 Å². The number of hydrogen-bond acceptors (Lipinski definition) is 2. The van der Waals surface area contributed by atoms with Gasteiger partial charge in [-0.3, -0.25) is 4.79 Å². The molecule has 0 saturated carbocycles. The second kappa shape index (κ2) is 4.65. The van der Waals surface area contributed by atoms with Crippen molar-refractivity contribution in [2.24, 2.45) is 0 Å². The van der Waals surface area contributed by atoms with Gasteiger partial charge in [-0.25, -0.2) is 0 Å². The van der Waals surface area contributed by atoms with Gasteiger partial charge in [0.25, 0.3) is 0 Å². The van der Waals surface area contributed by atoms with Crippen LogP contribution in [0.2, 0.25) is 0 Å². The molecule has 14 heavy (non-hydrogen) atoms. The van der Waals surface area contributed by atoms with E-state index in [2.05, 4.69) is 12.1 Å². The molecule has 0 atom stereocenters. The molecule has 0 saturated heterocycles. The lowest BCUT2D eigenvalue weighted by Gasteiger charge is -2.20. The van der Waals surface area contributed by atoms with Gasteiger partial charge in [0.2, 0.25) is 0 Å². The molecule has 2 heteroatoms.